The molecule has 1 aromatic rings. The Balaban J connectivity index is 1.54. The van der Waals surface area contributed by atoms with Crippen molar-refractivity contribution >= 4 is 0 Å². The van der Waals surface area contributed by atoms with Gasteiger partial charge in [0.25, 0.3) is 0 Å². The summed E-state index contributed by atoms with van der Waals surface area (Å²) >= 11 is 0. The van der Waals surface area contributed by atoms with Crippen molar-refractivity contribution in [3.8, 4) is 5.75 Å². The largest absolute Gasteiger partial charge is 0.490 e. The Morgan fingerprint density at radius 2 is 1.79 bits per heavy atom. The number of rotatable bonds is 5. The third kappa shape index (κ3) is 3.30. The van der Waals surface area contributed by atoms with Crippen LogP contribution < -0.4 is 10.1 Å². The number of nitrogens with one attached hydrogen (secondary N) is 1. The molecule has 0 spiro atoms. The van der Waals surface area contributed by atoms with Gasteiger partial charge in [0.2, 0.25) is 0 Å². The first-order chi connectivity index (χ1) is 9.33. The molecule has 0 amide bonds. The minimum atomic E-state index is 0.417. The minimum Gasteiger partial charge on any atom is -0.490 e. The average Bonchev–Trinajstić information content (AvgIpc) is 2.77. The SMILES string of the molecule is CCCCc1ccc(OC2C[C@H]3CC[C@@H](C2)N3)cc1. The monoisotopic (exact) mass is 259 g/mol. The summed E-state index contributed by atoms with van der Waals surface area (Å²) in [5, 5.41) is 3.66. The molecule has 2 fully saturated rings. The molecule has 0 saturated carbocycles. The molecule has 2 aliphatic rings. The summed E-state index contributed by atoms with van der Waals surface area (Å²) in [7, 11) is 0. The van der Waals surface area contributed by atoms with Gasteiger partial charge in [-0.1, -0.05) is 25.5 Å². The minimum absolute atomic E-state index is 0.417. The third-order valence-corrected chi connectivity index (χ3v) is 4.47. The van der Waals surface area contributed by atoms with Gasteiger partial charge in [0.15, 0.2) is 0 Å². The molecule has 2 nitrogen and oxygen atoms in total. The van der Waals surface area contributed by atoms with Crippen LogP contribution in [0.5, 0.6) is 5.75 Å². The molecule has 2 heterocycles. The molecule has 2 heteroatoms. The number of hydrogen-bond acceptors (Lipinski definition) is 2. The number of piperidine rings is 1. The summed E-state index contributed by atoms with van der Waals surface area (Å²) in [5.74, 6) is 1.05. The molecule has 2 aliphatic heterocycles. The quantitative estimate of drug-likeness (QED) is 0.870. The van der Waals surface area contributed by atoms with Gasteiger partial charge in [0.05, 0.1) is 0 Å². The highest BCUT2D eigenvalue weighted by Crippen LogP contribution is 2.29. The van der Waals surface area contributed by atoms with E-state index in [1.54, 1.807) is 0 Å². The molecule has 19 heavy (non-hydrogen) atoms. The number of fused-ring (bicyclic) bond motifs is 2. The number of hydrogen-bond donors (Lipinski definition) is 1. The summed E-state index contributed by atoms with van der Waals surface area (Å²) in [5.41, 5.74) is 1.43. The van der Waals surface area contributed by atoms with Gasteiger partial charge in [0, 0.05) is 12.1 Å². The number of unbranched alkanes of at least 4 members (excludes halogenated alkanes) is 1. The molecule has 0 radical (unpaired) electrons. The van der Waals surface area contributed by atoms with Crippen LogP contribution in [0, 0.1) is 0 Å². The average molecular weight is 259 g/mol. The van der Waals surface area contributed by atoms with E-state index in [0.717, 1.165) is 5.75 Å². The predicted octanol–water partition coefficient (Wildman–Crippen LogP) is 3.69. The number of ether oxygens (including phenoxy) is 1. The second-order valence-corrected chi connectivity index (χ2v) is 6.10. The van der Waals surface area contributed by atoms with E-state index < -0.39 is 0 Å². The Bertz CT molecular complexity index is 388. The van der Waals surface area contributed by atoms with E-state index in [1.807, 2.05) is 0 Å². The zero-order valence-electron chi connectivity index (χ0n) is 11.9. The fourth-order valence-electron chi connectivity index (χ4n) is 3.41. The van der Waals surface area contributed by atoms with Gasteiger partial charge in [-0.3, -0.25) is 0 Å². The van der Waals surface area contributed by atoms with E-state index in [2.05, 4.69) is 36.5 Å². The standard InChI is InChI=1S/C17H25NO/c1-2-3-4-13-5-9-16(10-6-13)19-17-11-14-7-8-15(12-17)18-14/h5-6,9-10,14-15,17-18H,2-4,7-8,11-12H2,1H3/t14-,15+,17?. The Kier molecular flexibility index (Phi) is 4.07. The van der Waals surface area contributed by atoms with Crippen molar-refractivity contribution in [2.75, 3.05) is 0 Å². The van der Waals surface area contributed by atoms with Crippen LogP contribution in [0.3, 0.4) is 0 Å². The molecule has 1 N–H and O–H groups in total. The highest BCUT2D eigenvalue weighted by Gasteiger charge is 2.34. The van der Waals surface area contributed by atoms with Gasteiger partial charge in [0.1, 0.15) is 11.9 Å². The van der Waals surface area contributed by atoms with Crippen LogP contribution in [0.15, 0.2) is 24.3 Å². The van der Waals surface area contributed by atoms with E-state index in [1.165, 1.54) is 50.5 Å². The Morgan fingerprint density at radius 3 is 2.42 bits per heavy atom. The Morgan fingerprint density at radius 1 is 1.11 bits per heavy atom. The normalized spacial score (nSPS) is 29.4. The maximum Gasteiger partial charge on any atom is 0.119 e. The van der Waals surface area contributed by atoms with Gasteiger partial charge < -0.3 is 10.1 Å². The summed E-state index contributed by atoms with van der Waals surface area (Å²) in [4.78, 5) is 0. The highest BCUT2D eigenvalue weighted by atomic mass is 16.5. The number of aryl methyl sites for hydroxylation is 1. The van der Waals surface area contributed by atoms with Crippen LogP contribution in [0.4, 0.5) is 0 Å². The van der Waals surface area contributed by atoms with Gasteiger partial charge >= 0.3 is 0 Å². The Hall–Kier alpha value is -1.02. The highest BCUT2D eigenvalue weighted by molar-refractivity contribution is 5.27. The van der Waals surface area contributed by atoms with Crippen molar-refractivity contribution in [3.05, 3.63) is 29.8 Å². The lowest BCUT2D eigenvalue weighted by Crippen LogP contribution is -2.42. The van der Waals surface area contributed by atoms with E-state index in [-0.39, 0.29) is 0 Å². The van der Waals surface area contributed by atoms with E-state index in [9.17, 15) is 0 Å². The molecular weight excluding hydrogens is 234 g/mol. The lowest BCUT2D eigenvalue weighted by molar-refractivity contribution is 0.137. The molecule has 1 unspecified atom stereocenters. The van der Waals surface area contributed by atoms with Crippen LogP contribution in [0.2, 0.25) is 0 Å². The van der Waals surface area contributed by atoms with E-state index in [4.69, 9.17) is 4.74 Å². The van der Waals surface area contributed by atoms with Gasteiger partial charge in [-0.2, -0.15) is 0 Å². The van der Waals surface area contributed by atoms with Crippen LogP contribution in [0.1, 0.15) is 51.0 Å². The zero-order valence-corrected chi connectivity index (χ0v) is 11.9. The van der Waals surface area contributed by atoms with Crippen LogP contribution in [-0.2, 0) is 6.42 Å². The molecule has 3 atom stereocenters. The van der Waals surface area contributed by atoms with Crippen molar-refractivity contribution in [2.45, 2.75) is 70.1 Å². The van der Waals surface area contributed by atoms with E-state index >= 15 is 0 Å². The summed E-state index contributed by atoms with van der Waals surface area (Å²) < 4.78 is 6.16. The van der Waals surface area contributed by atoms with Crippen LogP contribution in [0.25, 0.3) is 0 Å². The zero-order chi connectivity index (χ0) is 13.1. The molecule has 104 valence electrons. The van der Waals surface area contributed by atoms with Crippen molar-refractivity contribution in [1.29, 1.82) is 0 Å². The maximum absolute atomic E-state index is 6.16. The first kappa shape index (κ1) is 13.0. The van der Waals surface area contributed by atoms with Crippen LogP contribution in [-0.4, -0.2) is 18.2 Å². The second-order valence-electron chi connectivity index (χ2n) is 6.10. The van der Waals surface area contributed by atoms with E-state index in [0.29, 0.717) is 18.2 Å². The fraction of sp³-hybridized carbons (Fsp3) is 0.647. The molecule has 1 aromatic carbocycles. The smallest absolute Gasteiger partial charge is 0.119 e. The molecule has 0 aliphatic carbocycles. The Labute approximate surface area is 116 Å². The topological polar surface area (TPSA) is 21.3 Å². The first-order valence-electron chi connectivity index (χ1n) is 7.85. The van der Waals surface area contributed by atoms with Gasteiger partial charge in [-0.05, 0) is 56.2 Å². The molecular formula is C17H25NO. The van der Waals surface area contributed by atoms with Crippen LogP contribution >= 0.6 is 0 Å². The lowest BCUT2D eigenvalue weighted by atomic mass is 10.0. The molecule has 2 saturated heterocycles. The molecule has 3 rings (SSSR count). The summed E-state index contributed by atoms with van der Waals surface area (Å²) in [6, 6.07) is 10.1. The summed E-state index contributed by atoms with van der Waals surface area (Å²) in [6.45, 7) is 2.24. The van der Waals surface area contributed by atoms with Gasteiger partial charge in [-0.25, -0.2) is 0 Å². The molecule has 2 bridgehead atoms. The predicted molar refractivity (Wildman–Crippen MR) is 78.6 cm³/mol. The second kappa shape index (κ2) is 5.96. The van der Waals surface area contributed by atoms with Crippen molar-refractivity contribution < 1.29 is 4.74 Å². The van der Waals surface area contributed by atoms with Crippen molar-refractivity contribution in [1.82, 2.24) is 5.32 Å². The van der Waals surface area contributed by atoms with Gasteiger partial charge in [-0.15, -0.1) is 0 Å². The number of benzene rings is 1. The lowest BCUT2D eigenvalue weighted by Gasteiger charge is -2.29. The summed E-state index contributed by atoms with van der Waals surface area (Å²) in [6.07, 6.45) is 9.16. The van der Waals surface area contributed by atoms with Crippen molar-refractivity contribution in [2.24, 2.45) is 0 Å². The molecule has 0 aromatic heterocycles. The van der Waals surface area contributed by atoms with Crippen molar-refractivity contribution in [3.63, 3.8) is 0 Å². The first-order valence-corrected chi connectivity index (χ1v) is 7.85. The third-order valence-electron chi connectivity index (χ3n) is 4.47. The maximum atomic E-state index is 6.16. The fourth-order valence-corrected chi connectivity index (χ4v) is 3.41.